The summed E-state index contributed by atoms with van der Waals surface area (Å²) in [5, 5.41) is 6.34. The fraction of sp³-hybridized carbons (Fsp3) is 0.318. The second kappa shape index (κ2) is 9.96. The molecule has 6 nitrogen and oxygen atoms in total. The average Bonchev–Trinajstić information content (AvgIpc) is 3.23. The highest BCUT2D eigenvalue weighted by Crippen LogP contribution is 2.26. The Kier molecular flexibility index (Phi) is 7.34. The summed E-state index contributed by atoms with van der Waals surface area (Å²) >= 11 is 12.2. The maximum atomic E-state index is 12.9. The normalized spacial score (nSPS) is 15.7. The van der Waals surface area contributed by atoms with Gasteiger partial charge >= 0.3 is 0 Å². The predicted molar refractivity (Wildman–Crippen MR) is 117 cm³/mol. The van der Waals surface area contributed by atoms with Crippen LogP contribution in [0.1, 0.15) is 46.0 Å². The first-order valence-electron chi connectivity index (χ1n) is 9.81. The van der Waals surface area contributed by atoms with Crippen LogP contribution in [0.5, 0.6) is 0 Å². The largest absolute Gasteiger partial charge is 0.352 e. The van der Waals surface area contributed by atoms with Crippen LogP contribution >= 0.6 is 23.2 Å². The molecule has 1 fully saturated rings. The molecule has 0 spiro atoms. The van der Waals surface area contributed by atoms with Crippen molar-refractivity contribution in [3.05, 3.63) is 69.2 Å². The minimum atomic E-state index is -0.570. The van der Waals surface area contributed by atoms with Crippen LogP contribution in [0.4, 0.5) is 0 Å². The van der Waals surface area contributed by atoms with E-state index >= 15 is 0 Å². The zero-order valence-electron chi connectivity index (χ0n) is 16.6. The van der Waals surface area contributed by atoms with Gasteiger partial charge in [0.1, 0.15) is 6.04 Å². The summed E-state index contributed by atoms with van der Waals surface area (Å²) in [5.74, 6) is -0.697. The van der Waals surface area contributed by atoms with Gasteiger partial charge in [0.2, 0.25) is 5.91 Å². The van der Waals surface area contributed by atoms with Gasteiger partial charge in [0, 0.05) is 30.2 Å². The molecule has 3 rings (SSSR count). The van der Waals surface area contributed by atoms with Crippen molar-refractivity contribution in [1.82, 2.24) is 15.5 Å². The maximum absolute atomic E-state index is 12.9. The van der Waals surface area contributed by atoms with Crippen LogP contribution < -0.4 is 10.6 Å². The number of halogens is 2. The van der Waals surface area contributed by atoms with Crippen LogP contribution in [0, 0.1) is 0 Å². The van der Waals surface area contributed by atoms with Crippen molar-refractivity contribution in [2.24, 2.45) is 0 Å². The Bertz CT molecular complexity index is 964. The van der Waals surface area contributed by atoms with Crippen LogP contribution in [-0.4, -0.2) is 41.8 Å². The van der Waals surface area contributed by atoms with Crippen LogP contribution in [0.3, 0.4) is 0 Å². The lowest BCUT2D eigenvalue weighted by Crippen LogP contribution is -2.45. The van der Waals surface area contributed by atoms with E-state index < -0.39 is 6.04 Å². The van der Waals surface area contributed by atoms with E-state index in [0.29, 0.717) is 40.7 Å². The number of amides is 3. The topological polar surface area (TPSA) is 78.5 Å². The van der Waals surface area contributed by atoms with Gasteiger partial charge in [0.25, 0.3) is 11.8 Å². The molecule has 30 heavy (non-hydrogen) atoms. The highest BCUT2D eigenvalue weighted by Gasteiger charge is 2.35. The number of carbonyl (C=O) groups is 3. The molecule has 2 N–H and O–H groups in total. The standard InChI is InChI=1S/C22H23Cl2N3O3/c1-2-25-20(28)15-6-3-5-14(11-15)13-26-21(29)19-7-4-10-27(19)22(30)17-12-16(23)8-9-18(17)24/h3,5-6,8-9,11-12,19H,2,4,7,10,13H2,1H3,(H,25,28)(H,26,29). The Morgan fingerprint density at radius 2 is 1.90 bits per heavy atom. The summed E-state index contributed by atoms with van der Waals surface area (Å²) < 4.78 is 0. The summed E-state index contributed by atoms with van der Waals surface area (Å²) in [6, 6.07) is 11.2. The molecule has 0 saturated carbocycles. The predicted octanol–water partition coefficient (Wildman–Crippen LogP) is 3.66. The third-order valence-corrected chi connectivity index (χ3v) is 5.53. The van der Waals surface area contributed by atoms with Gasteiger partial charge in [0.05, 0.1) is 10.6 Å². The fourth-order valence-electron chi connectivity index (χ4n) is 3.49. The van der Waals surface area contributed by atoms with Crippen molar-refractivity contribution in [3.63, 3.8) is 0 Å². The van der Waals surface area contributed by atoms with Gasteiger partial charge < -0.3 is 15.5 Å². The van der Waals surface area contributed by atoms with Crippen LogP contribution in [0.15, 0.2) is 42.5 Å². The molecule has 0 aromatic heterocycles. The van der Waals surface area contributed by atoms with Crippen LogP contribution in [-0.2, 0) is 11.3 Å². The molecule has 3 amide bonds. The molecule has 2 aromatic carbocycles. The van der Waals surface area contributed by atoms with Crippen molar-refractivity contribution in [3.8, 4) is 0 Å². The Morgan fingerprint density at radius 1 is 1.10 bits per heavy atom. The Morgan fingerprint density at radius 3 is 2.67 bits per heavy atom. The minimum absolute atomic E-state index is 0.156. The Labute approximate surface area is 185 Å². The molecular weight excluding hydrogens is 425 g/mol. The van der Waals surface area contributed by atoms with Crippen LogP contribution in [0.25, 0.3) is 0 Å². The van der Waals surface area contributed by atoms with Crippen molar-refractivity contribution in [1.29, 1.82) is 0 Å². The summed E-state index contributed by atoms with van der Waals surface area (Å²) in [4.78, 5) is 39.3. The van der Waals surface area contributed by atoms with E-state index in [4.69, 9.17) is 23.2 Å². The first-order chi connectivity index (χ1) is 14.4. The van der Waals surface area contributed by atoms with E-state index in [1.807, 2.05) is 13.0 Å². The summed E-state index contributed by atoms with van der Waals surface area (Å²) in [6.45, 7) is 3.14. The molecule has 2 aromatic rings. The van der Waals surface area contributed by atoms with Gasteiger partial charge in [-0.1, -0.05) is 35.3 Å². The van der Waals surface area contributed by atoms with Gasteiger partial charge in [-0.2, -0.15) is 0 Å². The summed E-state index contributed by atoms with van der Waals surface area (Å²) in [5.41, 5.74) is 1.64. The van der Waals surface area contributed by atoms with Gasteiger partial charge in [-0.15, -0.1) is 0 Å². The highest BCUT2D eigenvalue weighted by atomic mass is 35.5. The van der Waals surface area contributed by atoms with E-state index in [1.165, 1.54) is 11.0 Å². The van der Waals surface area contributed by atoms with Crippen molar-refractivity contribution >= 4 is 40.9 Å². The molecule has 1 aliphatic heterocycles. The van der Waals surface area contributed by atoms with Crippen LogP contribution in [0.2, 0.25) is 10.0 Å². The third-order valence-electron chi connectivity index (χ3n) is 4.97. The molecule has 158 valence electrons. The molecule has 1 saturated heterocycles. The van der Waals surface area contributed by atoms with Gasteiger partial charge in [-0.3, -0.25) is 14.4 Å². The van der Waals surface area contributed by atoms with Gasteiger partial charge in [0.15, 0.2) is 0 Å². The quantitative estimate of drug-likeness (QED) is 0.708. The fourth-order valence-corrected chi connectivity index (χ4v) is 3.86. The SMILES string of the molecule is CCNC(=O)c1cccc(CNC(=O)C2CCCN2C(=O)c2cc(Cl)ccc2Cl)c1. The maximum Gasteiger partial charge on any atom is 0.256 e. The van der Waals surface area contributed by atoms with E-state index in [0.717, 1.165) is 12.0 Å². The van der Waals surface area contributed by atoms with Crippen molar-refractivity contribution in [2.75, 3.05) is 13.1 Å². The van der Waals surface area contributed by atoms with Gasteiger partial charge in [-0.25, -0.2) is 0 Å². The lowest BCUT2D eigenvalue weighted by Gasteiger charge is -2.24. The molecule has 1 heterocycles. The second-order valence-electron chi connectivity index (χ2n) is 7.06. The third kappa shape index (κ3) is 5.12. The van der Waals surface area contributed by atoms with Crippen molar-refractivity contribution < 1.29 is 14.4 Å². The Balaban J connectivity index is 1.66. The highest BCUT2D eigenvalue weighted by molar-refractivity contribution is 6.35. The zero-order chi connectivity index (χ0) is 21.7. The Hall–Kier alpha value is -2.57. The lowest BCUT2D eigenvalue weighted by atomic mass is 10.1. The van der Waals surface area contributed by atoms with Crippen molar-refractivity contribution in [2.45, 2.75) is 32.4 Å². The number of hydrogen-bond donors (Lipinski definition) is 2. The number of likely N-dealkylation sites (tertiary alicyclic amines) is 1. The van der Waals surface area contributed by atoms with E-state index in [9.17, 15) is 14.4 Å². The van der Waals surface area contributed by atoms with E-state index in [1.54, 1.807) is 30.3 Å². The molecule has 0 aliphatic carbocycles. The second-order valence-corrected chi connectivity index (χ2v) is 7.90. The number of carbonyl (C=O) groups excluding carboxylic acids is 3. The number of benzene rings is 2. The molecule has 0 bridgehead atoms. The molecular formula is C22H23Cl2N3O3. The first-order valence-corrected chi connectivity index (χ1v) is 10.6. The van der Waals surface area contributed by atoms with Gasteiger partial charge in [-0.05, 0) is 55.7 Å². The smallest absolute Gasteiger partial charge is 0.256 e. The first kappa shape index (κ1) is 22.1. The molecule has 0 radical (unpaired) electrons. The summed E-state index contributed by atoms with van der Waals surface area (Å²) in [6.07, 6.45) is 1.31. The number of nitrogens with one attached hydrogen (secondary N) is 2. The monoisotopic (exact) mass is 447 g/mol. The number of nitrogens with zero attached hydrogens (tertiary/aromatic N) is 1. The van der Waals surface area contributed by atoms with E-state index in [2.05, 4.69) is 10.6 Å². The lowest BCUT2D eigenvalue weighted by molar-refractivity contribution is -0.125. The average molecular weight is 448 g/mol. The molecule has 1 atom stereocenters. The van der Waals surface area contributed by atoms with E-state index in [-0.39, 0.29) is 24.3 Å². The molecule has 1 unspecified atom stereocenters. The zero-order valence-corrected chi connectivity index (χ0v) is 18.1. The minimum Gasteiger partial charge on any atom is -0.352 e. The molecule has 1 aliphatic rings. The summed E-state index contributed by atoms with van der Waals surface area (Å²) in [7, 11) is 0. The molecule has 8 heteroatoms. The number of rotatable bonds is 6. The number of hydrogen-bond acceptors (Lipinski definition) is 3.